The van der Waals surface area contributed by atoms with Crippen molar-refractivity contribution in [1.82, 2.24) is 9.88 Å². The number of hydrogen-bond donors (Lipinski definition) is 0. The van der Waals surface area contributed by atoms with Gasteiger partial charge in [0, 0.05) is 43.3 Å². The van der Waals surface area contributed by atoms with Crippen LogP contribution in [0.5, 0.6) is 0 Å². The van der Waals surface area contributed by atoms with Crippen molar-refractivity contribution in [3.05, 3.63) is 71.9 Å². The fourth-order valence-corrected chi connectivity index (χ4v) is 4.88. The highest BCUT2D eigenvalue weighted by molar-refractivity contribution is 5.92. The van der Waals surface area contributed by atoms with Crippen molar-refractivity contribution in [2.75, 3.05) is 18.0 Å². The predicted molar refractivity (Wildman–Crippen MR) is 117 cm³/mol. The van der Waals surface area contributed by atoms with Crippen molar-refractivity contribution in [3.8, 4) is 0 Å². The summed E-state index contributed by atoms with van der Waals surface area (Å²) >= 11 is 0. The first-order valence-corrected chi connectivity index (χ1v) is 10.4. The van der Waals surface area contributed by atoms with Crippen LogP contribution in [-0.2, 0) is 12.0 Å². The van der Waals surface area contributed by atoms with Gasteiger partial charge in [0.05, 0.1) is 0 Å². The van der Waals surface area contributed by atoms with E-state index in [4.69, 9.17) is 4.98 Å². The predicted octanol–water partition coefficient (Wildman–Crippen LogP) is 5.00. The third-order valence-corrected chi connectivity index (χ3v) is 6.48. The fourth-order valence-electron chi connectivity index (χ4n) is 4.88. The number of rotatable bonds is 3. The second-order valence-corrected chi connectivity index (χ2v) is 9.43. The summed E-state index contributed by atoms with van der Waals surface area (Å²) in [4.78, 5) is 9.97. The molecule has 0 N–H and O–H groups in total. The zero-order valence-electron chi connectivity index (χ0n) is 17.1. The van der Waals surface area contributed by atoms with E-state index in [1.54, 1.807) is 0 Å². The first kappa shape index (κ1) is 17.7. The van der Waals surface area contributed by atoms with E-state index in [2.05, 4.69) is 85.2 Å². The van der Waals surface area contributed by atoms with Crippen LogP contribution in [0.25, 0.3) is 10.8 Å². The third-order valence-electron chi connectivity index (χ3n) is 6.48. The number of aromatic nitrogens is 1. The SMILES string of the molecule is CC(C)(C)c1ccc(CN2C[C@H]3C[C@@H]2CN3c2nccc3ccccc23)cc1. The highest BCUT2D eigenvalue weighted by Crippen LogP contribution is 2.37. The molecule has 2 saturated heterocycles. The Kier molecular flexibility index (Phi) is 4.17. The molecule has 0 spiro atoms. The first-order chi connectivity index (χ1) is 13.5. The molecule has 2 fully saturated rings. The van der Waals surface area contributed by atoms with E-state index in [9.17, 15) is 0 Å². The van der Waals surface area contributed by atoms with E-state index < -0.39 is 0 Å². The van der Waals surface area contributed by atoms with Crippen LogP contribution in [0.1, 0.15) is 38.3 Å². The molecule has 2 bridgehead atoms. The minimum atomic E-state index is 0.219. The Bertz CT molecular complexity index is 981. The molecule has 2 aliphatic heterocycles. The van der Waals surface area contributed by atoms with E-state index in [-0.39, 0.29) is 5.41 Å². The van der Waals surface area contributed by atoms with E-state index in [0.29, 0.717) is 12.1 Å². The maximum atomic E-state index is 4.76. The van der Waals surface area contributed by atoms with Crippen LogP contribution in [0, 0.1) is 0 Å². The van der Waals surface area contributed by atoms with Crippen molar-refractivity contribution < 1.29 is 0 Å². The largest absolute Gasteiger partial charge is 0.350 e. The molecule has 0 saturated carbocycles. The number of likely N-dealkylation sites (tertiary alicyclic amines) is 1. The zero-order valence-corrected chi connectivity index (χ0v) is 17.1. The molecule has 2 aromatic carbocycles. The van der Waals surface area contributed by atoms with Gasteiger partial charge < -0.3 is 4.90 Å². The summed E-state index contributed by atoms with van der Waals surface area (Å²) in [5.74, 6) is 1.17. The lowest BCUT2D eigenvalue weighted by atomic mass is 9.87. The molecule has 3 heteroatoms. The van der Waals surface area contributed by atoms with Crippen LogP contribution in [0.2, 0.25) is 0 Å². The van der Waals surface area contributed by atoms with Crippen molar-refractivity contribution in [2.45, 2.75) is 51.2 Å². The van der Waals surface area contributed by atoms with Crippen molar-refractivity contribution in [2.24, 2.45) is 0 Å². The molecule has 0 amide bonds. The van der Waals surface area contributed by atoms with Crippen LogP contribution < -0.4 is 4.90 Å². The van der Waals surface area contributed by atoms with Gasteiger partial charge in [-0.05, 0) is 34.4 Å². The Morgan fingerprint density at radius 3 is 2.43 bits per heavy atom. The highest BCUT2D eigenvalue weighted by atomic mass is 15.4. The van der Waals surface area contributed by atoms with Gasteiger partial charge >= 0.3 is 0 Å². The van der Waals surface area contributed by atoms with Crippen LogP contribution in [-0.4, -0.2) is 35.1 Å². The van der Waals surface area contributed by atoms with Gasteiger partial charge in [0.2, 0.25) is 0 Å². The van der Waals surface area contributed by atoms with Crippen LogP contribution in [0.3, 0.4) is 0 Å². The van der Waals surface area contributed by atoms with Crippen LogP contribution in [0.15, 0.2) is 60.8 Å². The molecule has 0 aliphatic carbocycles. The molecule has 0 unspecified atom stereocenters. The van der Waals surface area contributed by atoms with Gasteiger partial charge in [-0.3, -0.25) is 4.90 Å². The van der Waals surface area contributed by atoms with Crippen LogP contribution in [0.4, 0.5) is 5.82 Å². The summed E-state index contributed by atoms with van der Waals surface area (Å²) in [5, 5.41) is 2.56. The number of piperazine rings is 1. The quantitative estimate of drug-likeness (QED) is 0.646. The average Bonchev–Trinajstić information content (AvgIpc) is 3.27. The van der Waals surface area contributed by atoms with Gasteiger partial charge in [-0.15, -0.1) is 0 Å². The number of hydrogen-bond acceptors (Lipinski definition) is 3. The van der Waals surface area contributed by atoms with Gasteiger partial charge in [-0.25, -0.2) is 4.98 Å². The second kappa shape index (κ2) is 6.59. The van der Waals surface area contributed by atoms with Gasteiger partial charge in [0.1, 0.15) is 5.82 Å². The minimum Gasteiger partial charge on any atom is -0.350 e. The van der Waals surface area contributed by atoms with Gasteiger partial charge in [-0.2, -0.15) is 0 Å². The fraction of sp³-hybridized carbons (Fsp3) is 0.400. The summed E-state index contributed by atoms with van der Waals surface area (Å²) < 4.78 is 0. The second-order valence-electron chi connectivity index (χ2n) is 9.43. The molecule has 1 aromatic heterocycles. The molecule has 3 aromatic rings. The Labute approximate surface area is 168 Å². The van der Waals surface area contributed by atoms with Gasteiger partial charge in [0.15, 0.2) is 0 Å². The number of nitrogens with zero attached hydrogens (tertiary/aromatic N) is 3. The lowest BCUT2D eigenvalue weighted by Gasteiger charge is -2.35. The monoisotopic (exact) mass is 371 g/mol. The average molecular weight is 372 g/mol. The molecule has 5 rings (SSSR count). The molecular weight excluding hydrogens is 342 g/mol. The Hall–Kier alpha value is -2.39. The maximum absolute atomic E-state index is 4.76. The summed E-state index contributed by atoms with van der Waals surface area (Å²) in [7, 11) is 0. The Morgan fingerprint density at radius 1 is 0.929 bits per heavy atom. The minimum absolute atomic E-state index is 0.219. The molecule has 2 aliphatic rings. The standard InChI is InChI=1S/C25H29N3/c1-25(2,3)20-10-8-18(9-11-20)15-27-16-22-14-21(27)17-28(22)24-23-7-5-4-6-19(23)12-13-26-24/h4-13,21-22H,14-17H2,1-3H3/t21-,22-/m1/s1. The summed E-state index contributed by atoms with van der Waals surface area (Å²) in [5.41, 5.74) is 3.06. The molecule has 28 heavy (non-hydrogen) atoms. The molecule has 2 atom stereocenters. The summed E-state index contributed by atoms with van der Waals surface area (Å²) in [6, 6.07) is 21.2. The zero-order chi connectivity index (χ0) is 19.3. The van der Waals surface area contributed by atoms with E-state index in [1.165, 1.54) is 34.1 Å². The molecule has 3 nitrogen and oxygen atoms in total. The normalized spacial score (nSPS) is 22.3. The van der Waals surface area contributed by atoms with Gasteiger partial charge in [0.25, 0.3) is 0 Å². The first-order valence-electron chi connectivity index (χ1n) is 10.4. The third kappa shape index (κ3) is 3.08. The topological polar surface area (TPSA) is 19.4 Å². The number of anilines is 1. The van der Waals surface area contributed by atoms with Crippen molar-refractivity contribution >= 4 is 16.6 Å². The van der Waals surface area contributed by atoms with Crippen molar-refractivity contribution in [3.63, 3.8) is 0 Å². The highest BCUT2D eigenvalue weighted by Gasteiger charge is 2.43. The number of fused-ring (bicyclic) bond motifs is 3. The van der Waals surface area contributed by atoms with Crippen molar-refractivity contribution in [1.29, 1.82) is 0 Å². The van der Waals surface area contributed by atoms with Crippen LogP contribution >= 0.6 is 0 Å². The Balaban J connectivity index is 1.31. The molecular formula is C25H29N3. The van der Waals surface area contributed by atoms with Gasteiger partial charge in [-0.1, -0.05) is 69.3 Å². The molecule has 3 heterocycles. The smallest absolute Gasteiger partial charge is 0.136 e. The van der Waals surface area contributed by atoms with E-state index in [0.717, 1.165) is 19.6 Å². The lowest BCUT2D eigenvalue weighted by Crippen LogP contribution is -2.46. The number of benzene rings is 2. The maximum Gasteiger partial charge on any atom is 0.136 e. The lowest BCUT2D eigenvalue weighted by molar-refractivity contribution is 0.230. The Morgan fingerprint density at radius 2 is 1.71 bits per heavy atom. The number of pyridine rings is 1. The summed E-state index contributed by atoms with van der Waals surface area (Å²) in [6.07, 6.45) is 3.21. The molecule has 0 radical (unpaired) electrons. The summed E-state index contributed by atoms with van der Waals surface area (Å²) in [6.45, 7) is 10.1. The van der Waals surface area contributed by atoms with E-state index in [1.807, 2.05) is 6.20 Å². The molecule has 144 valence electrons. The van der Waals surface area contributed by atoms with E-state index >= 15 is 0 Å².